The van der Waals surface area contributed by atoms with E-state index in [0.29, 0.717) is 6.61 Å². The standard InChI is InChI=1S/C13H13BrO2S/c1-2-16-10-5-3-9(4-6-10)12(15)13-11(14)7-8-17-13/h3-8,12,15H,2H2,1H3. The molecular formula is C13H13BrO2S. The van der Waals surface area contributed by atoms with Crippen molar-refractivity contribution in [2.24, 2.45) is 0 Å². The molecule has 2 nitrogen and oxygen atoms in total. The number of halogens is 1. The number of ether oxygens (including phenoxy) is 1. The van der Waals surface area contributed by atoms with Crippen LogP contribution in [0.3, 0.4) is 0 Å². The first-order valence-corrected chi connectivity index (χ1v) is 7.03. The molecule has 0 saturated carbocycles. The lowest BCUT2D eigenvalue weighted by Gasteiger charge is -2.11. The van der Waals surface area contributed by atoms with Crippen LogP contribution in [0.4, 0.5) is 0 Å². The van der Waals surface area contributed by atoms with Crippen LogP contribution in [0.25, 0.3) is 0 Å². The summed E-state index contributed by atoms with van der Waals surface area (Å²) in [5.41, 5.74) is 0.872. The minimum absolute atomic E-state index is 0.583. The van der Waals surface area contributed by atoms with Gasteiger partial charge in [-0.15, -0.1) is 11.3 Å². The summed E-state index contributed by atoms with van der Waals surface area (Å²) in [4.78, 5) is 0.925. The molecule has 17 heavy (non-hydrogen) atoms. The van der Waals surface area contributed by atoms with E-state index in [4.69, 9.17) is 4.74 Å². The lowest BCUT2D eigenvalue weighted by molar-refractivity contribution is 0.223. The van der Waals surface area contributed by atoms with Crippen molar-refractivity contribution in [3.63, 3.8) is 0 Å². The summed E-state index contributed by atoms with van der Waals surface area (Å²) in [6, 6.07) is 9.48. The molecule has 4 heteroatoms. The maximum Gasteiger partial charge on any atom is 0.119 e. The van der Waals surface area contributed by atoms with E-state index in [-0.39, 0.29) is 0 Å². The summed E-state index contributed by atoms with van der Waals surface area (Å²) < 4.78 is 6.31. The highest BCUT2D eigenvalue weighted by Gasteiger charge is 2.14. The molecule has 0 aliphatic rings. The van der Waals surface area contributed by atoms with Gasteiger partial charge in [0.05, 0.1) is 11.5 Å². The summed E-state index contributed by atoms with van der Waals surface area (Å²) in [5.74, 6) is 0.827. The third-order valence-electron chi connectivity index (χ3n) is 2.40. The smallest absolute Gasteiger partial charge is 0.119 e. The predicted octanol–water partition coefficient (Wildman–Crippen LogP) is 3.99. The Morgan fingerprint density at radius 3 is 2.53 bits per heavy atom. The van der Waals surface area contributed by atoms with Crippen molar-refractivity contribution < 1.29 is 9.84 Å². The first kappa shape index (κ1) is 12.6. The van der Waals surface area contributed by atoms with Crippen molar-refractivity contribution in [1.29, 1.82) is 0 Å². The molecule has 2 rings (SSSR count). The average Bonchev–Trinajstić information content (AvgIpc) is 2.76. The Morgan fingerprint density at radius 1 is 1.29 bits per heavy atom. The SMILES string of the molecule is CCOc1ccc(C(O)c2sccc2Br)cc1. The first-order chi connectivity index (χ1) is 8.22. The molecule has 0 bridgehead atoms. The van der Waals surface area contributed by atoms with Gasteiger partial charge in [0.2, 0.25) is 0 Å². The van der Waals surface area contributed by atoms with Crippen molar-refractivity contribution in [1.82, 2.24) is 0 Å². The number of rotatable bonds is 4. The predicted molar refractivity (Wildman–Crippen MR) is 73.7 cm³/mol. The summed E-state index contributed by atoms with van der Waals surface area (Å²) in [5, 5.41) is 12.2. The second-order valence-corrected chi connectivity index (χ2v) is 5.34. The van der Waals surface area contributed by atoms with E-state index in [9.17, 15) is 5.11 Å². The summed E-state index contributed by atoms with van der Waals surface area (Å²) >= 11 is 4.97. The molecule has 1 aromatic carbocycles. The van der Waals surface area contributed by atoms with E-state index in [1.54, 1.807) is 0 Å². The summed E-state index contributed by atoms with van der Waals surface area (Å²) in [6.45, 7) is 2.60. The molecule has 0 aliphatic carbocycles. The van der Waals surface area contributed by atoms with Gasteiger partial charge in [0.25, 0.3) is 0 Å². The molecule has 0 fully saturated rings. The quantitative estimate of drug-likeness (QED) is 0.925. The fourth-order valence-corrected chi connectivity index (χ4v) is 3.17. The molecule has 1 atom stereocenters. The van der Waals surface area contributed by atoms with Crippen LogP contribution in [0.2, 0.25) is 0 Å². The highest BCUT2D eigenvalue weighted by molar-refractivity contribution is 9.10. The summed E-state index contributed by atoms with van der Waals surface area (Å²) in [6.07, 6.45) is -0.583. The van der Waals surface area contributed by atoms with Gasteiger partial charge in [0.1, 0.15) is 11.9 Å². The van der Waals surface area contributed by atoms with Crippen molar-refractivity contribution in [3.05, 3.63) is 50.6 Å². The first-order valence-electron chi connectivity index (χ1n) is 5.36. The Balaban J connectivity index is 2.20. The zero-order valence-corrected chi connectivity index (χ0v) is 11.8. The highest BCUT2D eigenvalue weighted by atomic mass is 79.9. The molecule has 1 unspecified atom stereocenters. The summed E-state index contributed by atoms with van der Waals surface area (Å²) in [7, 11) is 0. The van der Waals surface area contributed by atoms with Gasteiger partial charge in [0.15, 0.2) is 0 Å². The highest BCUT2D eigenvalue weighted by Crippen LogP contribution is 2.33. The van der Waals surface area contributed by atoms with Gasteiger partial charge >= 0.3 is 0 Å². The lowest BCUT2D eigenvalue weighted by atomic mass is 10.1. The van der Waals surface area contributed by atoms with Crippen LogP contribution in [-0.2, 0) is 0 Å². The monoisotopic (exact) mass is 312 g/mol. The van der Waals surface area contributed by atoms with Crippen molar-refractivity contribution in [2.45, 2.75) is 13.0 Å². The fourth-order valence-electron chi connectivity index (χ4n) is 1.56. The Bertz CT molecular complexity index is 478. The topological polar surface area (TPSA) is 29.5 Å². The molecule has 0 radical (unpaired) electrons. The van der Waals surface area contributed by atoms with Crippen LogP contribution in [-0.4, -0.2) is 11.7 Å². The number of benzene rings is 1. The van der Waals surface area contributed by atoms with Crippen LogP contribution in [0, 0.1) is 0 Å². The van der Waals surface area contributed by atoms with Crippen LogP contribution < -0.4 is 4.74 Å². The minimum Gasteiger partial charge on any atom is -0.494 e. The van der Waals surface area contributed by atoms with Gasteiger partial charge in [-0.25, -0.2) is 0 Å². The van der Waals surface area contributed by atoms with E-state index in [1.165, 1.54) is 11.3 Å². The third-order valence-corrected chi connectivity index (χ3v) is 4.32. The van der Waals surface area contributed by atoms with Crippen LogP contribution in [0.5, 0.6) is 5.75 Å². The van der Waals surface area contributed by atoms with E-state index in [2.05, 4.69) is 15.9 Å². The Morgan fingerprint density at radius 2 is 2.00 bits per heavy atom. The number of hydrogen-bond donors (Lipinski definition) is 1. The number of thiophene rings is 1. The van der Waals surface area contributed by atoms with Crippen molar-refractivity contribution >= 4 is 27.3 Å². The van der Waals surface area contributed by atoms with Gasteiger partial charge < -0.3 is 9.84 Å². The second kappa shape index (κ2) is 5.67. The van der Waals surface area contributed by atoms with Crippen LogP contribution in [0.1, 0.15) is 23.5 Å². The molecule has 90 valence electrons. The number of hydrogen-bond acceptors (Lipinski definition) is 3. The van der Waals surface area contributed by atoms with Gasteiger partial charge in [-0.2, -0.15) is 0 Å². The van der Waals surface area contributed by atoms with Crippen molar-refractivity contribution in [3.8, 4) is 5.75 Å². The van der Waals surface area contributed by atoms with E-state index in [0.717, 1.165) is 20.7 Å². The van der Waals surface area contributed by atoms with Crippen LogP contribution >= 0.6 is 27.3 Å². The second-order valence-electron chi connectivity index (χ2n) is 3.54. The third kappa shape index (κ3) is 2.89. The van der Waals surface area contributed by atoms with Gasteiger partial charge in [-0.3, -0.25) is 0 Å². The number of aliphatic hydroxyl groups excluding tert-OH is 1. The minimum atomic E-state index is -0.583. The maximum atomic E-state index is 10.2. The zero-order chi connectivity index (χ0) is 12.3. The van der Waals surface area contributed by atoms with Gasteiger partial charge in [0, 0.05) is 4.47 Å². The Hall–Kier alpha value is -0.840. The van der Waals surface area contributed by atoms with Crippen LogP contribution in [0.15, 0.2) is 40.2 Å². The van der Waals surface area contributed by atoms with Gasteiger partial charge in [-0.05, 0) is 52.0 Å². The van der Waals surface area contributed by atoms with E-state index >= 15 is 0 Å². The lowest BCUT2D eigenvalue weighted by Crippen LogP contribution is -1.98. The molecule has 0 amide bonds. The molecular weight excluding hydrogens is 300 g/mol. The molecule has 1 aromatic heterocycles. The van der Waals surface area contributed by atoms with E-state index in [1.807, 2.05) is 42.6 Å². The molecule has 0 saturated heterocycles. The van der Waals surface area contributed by atoms with Crippen molar-refractivity contribution in [2.75, 3.05) is 6.61 Å². The molecule has 0 spiro atoms. The Labute approximate surface area is 113 Å². The average molecular weight is 313 g/mol. The Kier molecular flexibility index (Phi) is 4.20. The normalized spacial score (nSPS) is 12.4. The number of aliphatic hydroxyl groups is 1. The maximum absolute atomic E-state index is 10.2. The molecule has 1 heterocycles. The molecule has 1 N–H and O–H groups in total. The largest absolute Gasteiger partial charge is 0.494 e. The van der Waals surface area contributed by atoms with E-state index < -0.39 is 6.10 Å². The molecule has 0 aliphatic heterocycles. The molecule has 2 aromatic rings. The zero-order valence-electron chi connectivity index (χ0n) is 9.39. The fraction of sp³-hybridized carbons (Fsp3) is 0.231. The van der Waals surface area contributed by atoms with Gasteiger partial charge in [-0.1, -0.05) is 12.1 Å².